The zero-order valence-electron chi connectivity index (χ0n) is 18.1. The van der Waals surface area contributed by atoms with Crippen molar-refractivity contribution < 1.29 is 23.9 Å². The molecule has 166 valence electrons. The first-order valence-electron chi connectivity index (χ1n) is 11.3. The number of fused-ring (bicyclic) bond motifs is 7. The molecule has 0 aromatic heterocycles. The summed E-state index contributed by atoms with van der Waals surface area (Å²) in [5, 5.41) is 0. The Kier molecular flexibility index (Phi) is 4.34. The van der Waals surface area contributed by atoms with Crippen molar-refractivity contribution in [3.63, 3.8) is 0 Å². The summed E-state index contributed by atoms with van der Waals surface area (Å²) in [6.07, 6.45) is 4.70. The second kappa shape index (κ2) is 7.17. The van der Waals surface area contributed by atoms with Crippen molar-refractivity contribution in [1.82, 2.24) is 0 Å². The Morgan fingerprint density at radius 3 is 2.39 bits per heavy atom. The lowest BCUT2D eigenvalue weighted by Gasteiger charge is -2.48. The zero-order valence-corrected chi connectivity index (χ0v) is 18.1. The maximum absolute atomic E-state index is 14.0. The highest BCUT2D eigenvalue weighted by molar-refractivity contribution is 6.54. The third-order valence-corrected chi connectivity index (χ3v) is 7.35. The van der Waals surface area contributed by atoms with Crippen LogP contribution in [0.4, 0.5) is 5.69 Å². The number of allylic oxidation sites excluding steroid dienone is 1. The molecule has 2 heterocycles. The first-order valence-corrected chi connectivity index (χ1v) is 11.3. The van der Waals surface area contributed by atoms with E-state index in [0.717, 1.165) is 6.42 Å². The average Bonchev–Trinajstić information content (AvgIpc) is 3.52. The maximum atomic E-state index is 14.0. The van der Waals surface area contributed by atoms with E-state index in [1.807, 2.05) is 36.4 Å². The van der Waals surface area contributed by atoms with Crippen LogP contribution in [0.15, 0.2) is 78.4 Å². The van der Waals surface area contributed by atoms with E-state index >= 15 is 0 Å². The molecule has 0 spiro atoms. The first kappa shape index (κ1) is 20.0. The van der Waals surface area contributed by atoms with E-state index in [4.69, 9.17) is 9.47 Å². The van der Waals surface area contributed by atoms with Crippen molar-refractivity contribution in [2.45, 2.75) is 25.0 Å². The van der Waals surface area contributed by atoms with Crippen LogP contribution in [0, 0.1) is 17.8 Å². The smallest absolute Gasteiger partial charge is 0.337 e. The monoisotopic (exact) mass is 441 g/mol. The Bertz CT molecular complexity index is 1220. The Balaban J connectivity index is 1.70. The van der Waals surface area contributed by atoms with Gasteiger partial charge in [0.1, 0.15) is 11.9 Å². The molecule has 0 unspecified atom stereocenters. The van der Waals surface area contributed by atoms with Gasteiger partial charge >= 0.3 is 11.9 Å². The predicted molar refractivity (Wildman–Crippen MR) is 121 cm³/mol. The molecule has 0 radical (unpaired) electrons. The summed E-state index contributed by atoms with van der Waals surface area (Å²) in [5.41, 5.74) is -0.312. The van der Waals surface area contributed by atoms with E-state index < -0.39 is 29.1 Å². The lowest BCUT2D eigenvalue weighted by molar-refractivity contribution is -0.153. The number of nitrogens with zero attached hydrogens (tertiary/aromatic N) is 1. The number of rotatable bonds is 4. The summed E-state index contributed by atoms with van der Waals surface area (Å²) in [6, 6.07) is 18.2. The van der Waals surface area contributed by atoms with E-state index in [-0.39, 0.29) is 30.1 Å². The van der Waals surface area contributed by atoms with Crippen molar-refractivity contribution in [1.29, 1.82) is 0 Å². The molecule has 2 aromatic rings. The van der Waals surface area contributed by atoms with Gasteiger partial charge in [-0.25, -0.2) is 4.79 Å². The van der Waals surface area contributed by atoms with Crippen LogP contribution < -0.4 is 4.90 Å². The van der Waals surface area contributed by atoms with Crippen molar-refractivity contribution >= 4 is 29.1 Å². The average molecular weight is 441 g/mol. The van der Waals surface area contributed by atoms with Crippen LogP contribution in [0.1, 0.15) is 18.9 Å². The third-order valence-electron chi connectivity index (χ3n) is 7.35. The van der Waals surface area contributed by atoms with Crippen LogP contribution in [0.2, 0.25) is 0 Å². The summed E-state index contributed by atoms with van der Waals surface area (Å²) in [7, 11) is 0. The number of esters is 1. The number of carbonyl (C=O) groups is 3. The number of benzene rings is 2. The second-order valence-electron chi connectivity index (χ2n) is 8.92. The van der Waals surface area contributed by atoms with Crippen LogP contribution in [0.25, 0.3) is 5.76 Å². The highest BCUT2D eigenvalue weighted by Gasteiger charge is 2.73. The van der Waals surface area contributed by atoms with E-state index in [2.05, 4.69) is 12.2 Å². The Labute approximate surface area is 191 Å². The molecule has 6 nitrogen and oxygen atoms in total. The molecule has 1 amide bonds. The van der Waals surface area contributed by atoms with Gasteiger partial charge in [-0.05, 0) is 31.4 Å². The highest BCUT2D eigenvalue weighted by Crippen LogP contribution is 2.61. The van der Waals surface area contributed by atoms with Gasteiger partial charge < -0.3 is 9.47 Å². The minimum Gasteiger partial charge on any atom is -0.488 e. The van der Waals surface area contributed by atoms with Crippen LogP contribution in [0.5, 0.6) is 0 Å². The molecule has 2 aliphatic carbocycles. The largest absolute Gasteiger partial charge is 0.488 e. The number of hydrogen-bond acceptors (Lipinski definition) is 5. The number of ketones is 1. The molecule has 6 rings (SSSR count). The molecule has 2 fully saturated rings. The fourth-order valence-corrected chi connectivity index (χ4v) is 6.20. The van der Waals surface area contributed by atoms with E-state index in [0.29, 0.717) is 17.0 Å². The molecular weight excluding hydrogens is 418 g/mol. The van der Waals surface area contributed by atoms with Crippen LogP contribution in [-0.2, 0) is 23.9 Å². The molecule has 33 heavy (non-hydrogen) atoms. The van der Waals surface area contributed by atoms with Gasteiger partial charge in [-0.1, -0.05) is 60.7 Å². The molecule has 1 saturated carbocycles. The van der Waals surface area contributed by atoms with E-state index in [9.17, 15) is 14.4 Å². The van der Waals surface area contributed by atoms with Gasteiger partial charge in [0, 0.05) is 23.1 Å². The molecule has 5 atom stereocenters. The van der Waals surface area contributed by atoms with Gasteiger partial charge in [0.25, 0.3) is 5.78 Å². The Morgan fingerprint density at radius 1 is 1.03 bits per heavy atom. The molecular formula is C27H23NO5. The topological polar surface area (TPSA) is 72.9 Å². The van der Waals surface area contributed by atoms with Gasteiger partial charge in [0.15, 0.2) is 5.54 Å². The summed E-state index contributed by atoms with van der Waals surface area (Å²) < 4.78 is 12.2. The standard InChI is InChI=1S/C27H23NO5/c1-2-32-26(31)27-20-17-13-14-18(15-17)24(20)33-23(16-9-5-3-6-10-16)21(27)22(29)25(30)28(27)19-11-7-4-8-12-19/h3-14,17-18,20,24H,2,15H2,1H3/t17-,18-,20+,24+,27+/m0/s1. The third kappa shape index (κ3) is 2.52. The zero-order chi connectivity index (χ0) is 22.7. The number of Topliss-reactive ketones (excluding diaryl/α,β-unsaturated/α-hetero) is 1. The Hall–Kier alpha value is -3.67. The molecule has 2 aromatic carbocycles. The fourth-order valence-electron chi connectivity index (χ4n) is 6.20. The van der Waals surface area contributed by atoms with Crippen LogP contribution in [-0.4, -0.2) is 35.9 Å². The summed E-state index contributed by atoms with van der Waals surface area (Å²) >= 11 is 0. The van der Waals surface area contributed by atoms with Crippen molar-refractivity contribution in [2.24, 2.45) is 17.8 Å². The fraction of sp³-hybridized carbons (Fsp3) is 0.296. The van der Waals surface area contributed by atoms with Gasteiger partial charge in [0.05, 0.1) is 12.2 Å². The number of carbonyl (C=O) groups excluding carboxylic acids is 3. The van der Waals surface area contributed by atoms with Crippen molar-refractivity contribution in [3.8, 4) is 0 Å². The minimum atomic E-state index is -1.58. The molecule has 1 saturated heterocycles. The molecule has 2 aliphatic heterocycles. The van der Waals surface area contributed by atoms with Crippen LogP contribution >= 0.6 is 0 Å². The number of hydrogen-bond donors (Lipinski definition) is 0. The van der Waals surface area contributed by atoms with E-state index in [1.54, 1.807) is 31.2 Å². The lowest BCUT2D eigenvalue weighted by atomic mass is 9.67. The van der Waals surface area contributed by atoms with Gasteiger partial charge in [-0.3, -0.25) is 14.5 Å². The number of ether oxygens (including phenoxy) is 2. The minimum absolute atomic E-state index is 0.00152. The summed E-state index contributed by atoms with van der Waals surface area (Å²) in [5.74, 6) is -2.01. The number of para-hydroxylation sites is 1. The lowest BCUT2D eigenvalue weighted by Crippen LogP contribution is -2.64. The number of anilines is 1. The molecule has 6 heteroatoms. The maximum Gasteiger partial charge on any atom is 0.337 e. The highest BCUT2D eigenvalue weighted by atomic mass is 16.5. The number of amides is 1. The first-order chi connectivity index (χ1) is 16.1. The normalized spacial score (nSPS) is 31.5. The predicted octanol–water partition coefficient (Wildman–Crippen LogP) is 3.54. The SMILES string of the molecule is CCOC(=O)[C@]12C(=C(c3ccccc3)O[C@H]3[C@H]1[C@H]1C=C[C@H]3C1)C(=O)C(=O)N2c1ccccc1. The van der Waals surface area contributed by atoms with Gasteiger partial charge in [-0.15, -0.1) is 0 Å². The summed E-state index contributed by atoms with van der Waals surface area (Å²) in [4.78, 5) is 42.7. The van der Waals surface area contributed by atoms with Crippen LogP contribution in [0.3, 0.4) is 0 Å². The summed E-state index contributed by atoms with van der Waals surface area (Å²) in [6.45, 7) is 1.88. The van der Waals surface area contributed by atoms with Crippen molar-refractivity contribution in [2.75, 3.05) is 11.5 Å². The van der Waals surface area contributed by atoms with Gasteiger partial charge in [0.2, 0.25) is 0 Å². The molecule has 4 aliphatic rings. The Morgan fingerprint density at radius 2 is 1.70 bits per heavy atom. The molecule has 2 bridgehead atoms. The van der Waals surface area contributed by atoms with Crippen molar-refractivity contribution in [3.05, 3.63) is 84.0 Å². The molecule has 0 N–H and O–H groups in total. The van der Waals surface area contributed by atoms with E-state index in [1.165, 1.54) is 4.90 Å². The second-order valence-corrected chi connectivity index (χ2v) is 8.92. The van der Waals surface area contributed by atoms with Gasteiger partial charge in [-0.2, -0.15) is 0 Å². The quantitative estimate of drug-likeness (QED) is 0.412.